The van der Waals surface area contributed by atoms with Gasteiger partial charge in [-0.3, -0.25) is 14.4 Å². The highest BCUT2D eigenvalue weighted by Gasteiger charge is 2.19. The number of amides is 3. The highest BCUT2D eigenvalue weighted by molar-refractivity contribution is 8.00. The molecule has 0 aromatic heterocycles. The second-order valence-corrected chi connectivity index (χ2v) is 11.9. The third-order valence-corrected chi connectivity index (χ3v) is 8.33. The van der Waals surface area contributed by atoms with Gasteiger partial charge in [0.25, 0.3) is 11.8 Å². The van der Waals surface area contributed by atoms with Crippen LogP contribution in [0.15, 0.2) is 102 Å². The van der Waals surface area contributed by atoms with Crippen molar-refractivity contribution in [3.63, 3.8) is 0 Å². The number of benzene rings is 4. The first-order valence-electron chi connectivity index (χ1n) is 13.7. The first-order chi connectivity index (χ1) is 20.7. The first-order valence-corrected chi connectivity index (χ1v) is 15.3. The number of para-hydroxylation sites is 1. The smallest absolute Gasteiger partial charge is 0.272 e. The SMILES string of the molecule is CCc1cccc(C)c1NC(=O)C(C)Sc1cccc(NC(=O)/C(=C\c2c(Cl)cccc2Cl)NC(=O)c2ccccc2)c1. The van der Waals surface area contributed by atoms with Crippen LogP contribution in [0.5, 0.6) is 0 Å². The van der Waals surface area contributed by atoms with Crippen molar-refractivity contribution in [1.29, 1.82) is 0 Å². The molecule has 4 aromatic carbocycles. The highest BCUT2D eigenvalue weighted by atomic mass is 35.5. The monoisotopic (exact) mass is 631 g/mol. The van der Waals surface area contributed by atoms with E-state index in [1.54, 1.807) is 66.7 Å². The fraction of sp³-hybridized carbons (Fsp3) is 0.147. The maximum absolute atomic E-state index is 13.5. The number of thioether (sulfide) groups is 1. The van der Waals surface area contributed by atoms with Crippen molar-refractivity contribution in [1.82, 2.24) is 5.32 Å². The predicted molar refractivity (Wildman–Crippen MR) is 178 cm³/mol. The topological polar surface area (TPSA) is 87.3 Å². The fourth-order valence-corrected chi connectivity index (χ4v) is 5.70. The van der Waals surface area contributed by atoms with Crippen molar-refractivity contribution < 1.29 is 14.4 Å². The van der Waals surface area contributed by atoms with Crippen LogP contribution in [0.2, 0.25) is 10.0 Å². The minimum Gasteiger partial charge on any atom is -0.325 e. The minimum atomic E-state index is -0.570. The number of aryl methyl sites for hydroxylation is 2. The van der Waals surface area contributed by atoms with E-state index in [-0.39, 0.29) is 11.6 Å². The van der Waals surface area contributed by atoms with Gasteiger partial charge in [-0.25, -0.2) is 0 Å². The normalized spacial score (nSPS) is 11.9. The van der Waals surface area contributed by atoms with E-state index in [0.717, 1.165) is 28.1 Å². The highest BCUT2D eigenvalue weighted by Crippen LogP contribution is 2.29. The molecule has 3 N–H and O–H groups in total. The van der Waals surface area contributed by atoms with Gasteiger partial charge in [0, 0.05) is 37.4 Å². The lowest BCUT2D eigenvalue weighted by molar-refractivity contribution is -0.115. The van der Waals surface area contributed by atoms with Crippen LogP contribution in [0, 0.1) is 6.92 Å². The van der Waals surface area contributed by atoms with Gasteiger partial charge in [0.1, 0.15) is 5.70 Å². The van der Waals surface area contributed by atoms with E-state index in [9.17, 15) is 14.4 Å². The second-order valence-electron chi connectivity index (χ2n) is 9.71. The van der Waals surface area contributed by atoms with Crippen LogP contribution in [0.25, 0.3) is 6.08 Å². The predicted octanol–water partition coefficient (Wildman–Crippen LogP) is 8.39. The van der Waals surface area contributed by atoms with E-state index in [0.29, 0.717) is 26.9 Å². The molecule has 0 aliphatic heterocycles. The van der Waals surface area contributed by atoms with Crippen molar-refractivity contribution in [2.75, 3.05) is 10.6 Å². The quantitative estimate of drug-likeness (QED) is 0.121. The van der Waals surface area contributed by atoms with Gasteiger partial charge in [-0.15, -0.1) is 11.8 Å². The molecule has 4 rings (SSSR count). The summed E-state index contributed by atoms with van der Waals surface area (Å²) in [7, 11) is 0. The number of carbonyl (C=O) groups is 3. The number of anilines is 2. The van der Waals surface area contributed by atoms with Crippen molar-refractivity contribution in [2.45, 2.75) is 37.3 Å². The number of rotatable bonds is 10. The number of nitrogens with one attached hydrogen (secondary N) is 3. The third kappa shape index (κ3) is 8.51. The lowest BCUT2D eigenvalue weighted by Crippen LogP contribution is -2.30. The maximum Gasteiger partial charge on any atom is 0.272 e. The van der Waals surface area contributed by atoms with Gasteiger partial charge in [-0.1, -0.05) is 78.7 Å². The van der Waals surface area contributed by atoms with Crippen LogP contribution in [0.3, 0.4) is 0 Å². The van der Waals surface area contributed by atoms with E-state index in [1.807, 2.05) is 38.1 Å². The Bertz CT molecular complexity index is 1650. The van der Waals surface area contributed by atoms with Crippen LogP contribution in [0.1, 0.15) is 40.9 Å². The van der Waals surface area contributed by atoms with Gasteiger partial charge < -0.3 is 16.0 Å². The zero-order chi connectivity index (χ0) is 30.9. The van der Waals surface area contributed by atoms with Gasteiger partial charge >= 0.3 is 0 Å². The molecule has 0 aliphatic carbocycles. The molecule has 0 saturated carbocycles. The summed E-state index contributed by atoms with van der Waals surface area (Å²) in [4.78, 5) is 40.3. The average molecular weight is 633 g/mol. The molecule has 0 heterocycles. The van der Waals surface area contributed by atoms with Gasteiger partial charge in [0.15, 0.2) is 0 Å². The van der Waals surface area contributed by atoms with E-state index >= 15 is 0 Å². The molecule has 0 saturated heterocycles. The molecule has 0 fully saturated rings. The summed E-state index contributed by atoms with van der Waals surface area (Å²) in [5, 5.41) is 8.86. The van der Waals surface area contributed by atoms with Crippen molar-refractivity contribution in [3.05, 3.63) is 129 Å². The molecule has 0 radical (unpaired) electrons. The maximum atomic E-state index is 13.5. The van der Waals surface area contributed by atoms with Crippen LogP contribution in [0.4, 0.5) is 11.4 Å². The van der Waals surface area contributed by atoms with E-state index in [2.05, 4.69) is 22.9 Å². The molecule has 43 heavy (non-hydrogen) atoms. The molecule has 0 spiro atoms. The summed E-state index contributed by atoms with van der Waals surface area (Å²) in [6.45, 7) is 5.87. The zero-order valence-corrected chi connectivity index (χ0v) is 26.2. The summed E-state index contributed by atoms with van der Waals surface area (Å²) < 4.78 is 0. The molecule has 0 bridgehead atoms. The largest absolute Gasteiger partial charge is 0.325 e. The molecular weight excluding hydrogens is 601 g/mol. The zero-order valence-electron chi connectivity index (χ0n) is 23.9. The number of carbonyl (C=O) groups excluding carboxylic acids is 3. The van der Waals surface area contributed by atoms with E-state index in [1.165, 1.54) is 17.8 Å². The summed E-state index contributed by atoms with van der Waals surface area (Å²) in [5.74, 6) is -1.15. The summed E-state index contributed by atoms with van der Waals surface area (Å²) >= 11 is 14.1. The number of halogens is 2. The standard InChI is InChI=1S/C34H31Cl2N3O3S/c1-4-23-14-8-11-21(2)31(23)39-32(40)22(3)43-26-16-9-15-25(19-26)37-34(42)30(20-27-28(35)17-10-18-29(27)36)38-33(41)24-12-6-5-7-13-24/h5-20,22H,4H2,1-3H3,(H,37,42)(H,38,41)(H,39,40)/b30-20+. The molecule has 220 valence electrons. The molecule has 1 atom stereocenters. The van der Waals surface area contributed by atoms with Gasteiger partial charge in [0.2, 0.25) is 5.91 Å². The Kier molecular flexibility index (Phi) is 11.1. The van der Waals surface area contributed by atoms with Crippen LogP contribution in [-0.2, 0) is 16.0 Å². The Morgan fingerprint density at radius 3 is 2.23 bits per heavy atom. The Balaban J connectivity index is 1.52. The second kappa shape index (κ2) is 14.9. The Morgan fingerprint density at radius 1 is 0.860 bits per heavy atom. The van der Waals surface area contributed by atoms with Gasteiger partial charge in [-0.2, -0.15) is 0 Å². The summed E-state index contributed by atoms with van der Waals surface area (Å²) in [5.41, 5.74) is 4.16. The summed E-state index contributed by atoms with van der Waals surface area (Å²) in [6, 6.07) is 26.7. The van der Waals surface area contributed by atoms with Crippen LogP contribution in [-0.4, -0.2) is 23.0 Å². The molecular formula is C34H31Cl2N3O3S. The first kappa shape index (κ1) is 31.9. The third-order valence-electron chi connectivity index (χ3n) is 6.58. The molecule has 6 nitrogen and oxygen atoms in total. The lowest BCUT2D eigenvalue weighted by Gasteiger charge is -2.17. The Labute approximate surface area is 265 Å². The van der Waals surface area contributed by atoms with Gasteiger partial charge in [0.05, 0.1) is 5.25 Å². The lowest BCUT2D eigenvalue weighted by atomic mass is 10.1. The minimum absolute atomic E-state index is 0.0420. The van der Waals surface area contributed by atoms with Crippen LogP contribution >= 0.6 is 35.0 Å². The van der Waals surface area contributed by atoms with E-state index in [4.69, 9.17) is 23.2 Å². The number of hydrogen-bond donors (Lipinski definition) is 3. The molecule has 0 aliphatic rings. The molecule has 1 unspecified atom stereocenters. The number of hydrogen-bond acceptors (Lipinski definition) is 4. The Hall–Kier alpha value is -4.04. The van der Waals surface area contributed by atoms with Crippen molar-refractivity contribution in [3.8, 4) is 0 Å². The van der Waals surface area contributed by atoms with Crippen molar-refractivity contribution >= 4 is 70.1 Å². The molecule has 3 amide bonds. The fourth-order valence-electron chi connectivity index (χ4n) is 4.27. The summed E-state index contributed by atoms with van der Waals surface area (Å²) in [6.07, 6.45) is 2.26. The van der Waals surface area contributed by atoms with Crippen LogP contribution < -0.4 is 16.0 Å². The van der Waals surface area contributed by atoms with Gasteiger partial charge in [-0.05, 0) is 79.9 Å². The van der Waals surface area contributed by atoms with Crippen molar-refractivity contribution in [2.24, 2.45) is 0 Å². The molecule has 4 aromatic rings. The molecule has 9 heteroatoms. The average Bonchev–Trinajstić information content (AvgIpc) is 2.99. The Morgan fingerprint density at radius 2 is 1.53 bits per heavy atom. The van der Waals surface area contributed by atoms with E-state index < -0.39 is 17.1 Å².